The third-order valence-corrected chi connectivity index (χ3v) is 6.75. The first kappa shape index (κ1) is 24.6. The van der Waals surface area contributed by atoms with Gasteiger partial charge in [-0.25, -0.2) is 0 Å². The van der Waals surface area contributed by atoms with Crippen LogP contribution in [-0.4, -0.2) is 54.6 Å². The Hall–Kier alpha value is -3.53. The number of piperidine rings is 1. The van der Waals surface area contributed by atoms with Crippen LogP contribution >= 0.6 is 11.8 Å². The summed E-state index contributed by atoms with van der Waals surface area (Å²) in [7, 11) is 0. The van der Waals surface area contributed by atoms with Gasteiger partial charge in [0.15, 0.2) is 11.5 Å². The molecule has 9 nitrogen and oxygen atoms in total. The summed E-state index contributed by atoms with van der Waals surface area (Å²) >= 11 is 1.26. The number of nitro groups is 1. The average Bonchev–Trinajstić information content (AvgIpc) is 2.88. The van der Waals surface area contributed by atoms with Crippen molar-refractivity contribution in [2.75, 3.05) is 32.9 Å². The largest absolute Gasteiger partial charge is 0.486 e. The van der Waals surface area contributed by atoms with E-state index < -0.39 is 4.92 Å². The summed E-state index contributed by atoms with van der Waals surface area (Å²) in [4.78, 5) is 38.9. The van der Waals surface area contributed by atoms with Gasteiger partial charge in [0, 0.05) is 30.1 Å². The lowest BCUT2D eigenvalue weighted by Gasteiger charge is -2.30. The number of likely N-dealkylation sites (tertiary alicyclic amines) is 1. The zero-order valence-electron chi connectivity index (χ0n) is 19.3. The highest BCUT2D eigenvalue weighted by molar-refractivity contribution is 7.99. The molecule has 2 heterocycles. The van der Waals surface area contributed by atoms with Gasteiger partial charge in [0.1, 0.15) is 13.2 Å². The fourth-order valence-electron chi connectivity index (χ4n) is 3.98. The molecule has 1 fully saturated rings. The van der Waals surface area contributed by atoms with Gasteiger partial charge in [0.2, 0.25) is 5.91 Å². The number of rotatable bonds is 7. The van der Waals surface area contributed by atoms with E-state index in [9.17, 15) is 19.7 Å². The third-order valence-electron chi connectivity index (χ3n) is 5.69. The van der Waals surface area contributed by atoms with Crippen LogP contribution < -0.4 is 9.47 Å². The quantitative estimate of drug-likeness (QED) is 0.240. The molecule has 2 aliphatic rings. The van der Waals surface area contributed by atoms with Crippen molar-refractivity contribution in [2.45, 2.75) is 29.6 Å². The SMILES string of the molecule is CCOC(=O)C1CCCN(C(=O)/C=C/c2ccc(Sc3ccc4c(c3)OCCO4)c([N+](=O)[O-])c2)C1. The summed E-state index contributed by atoms with van der Waals surface area (Å²) in [5, 5.41) is 11.7. The van der Waals surface area contributed by atoms with Crippen LogP contribution in [0.1, 0.15) is 25.3 Å². The molecule has 0 spiro atoms. The molecule has 1 atom stereocenters. The van der Waals surface area contributed by atoms with E-state index >= 15 is 0 Å². The maximum Gasteiger partial charge on any atom is 0.310 e. The molecule has 2 aromatic carbocycles. The summed E-state index contributed by atoms with van der Waals surface area (Å²) in [5.41, 5.74) is 0.482. The molecule has 2 aromatic rings. The van der Waals surface area contributed by atoms with Gasteiger partial charge in [-0.1, -0.05) is 17.8 Å². The number of amides is 1. The van der Waals surface area contributed by atoms with Crippen LogP contribution in [-0.2, 0) is 14.3 Å². The van der Waals surface area contributed by atoms with Crippen molar-refractivity contribution in [3.63, 3.8) is 0 Å². The molecule has 0 radical (unpaired) electrons. The molecule has 1 amide bonds. The molecule has 1 unspecified atom stereocenters. The molecule has 1 saturated heterocycles. The number of ether oxygens (including phenoxy) is 3. The number of carbonyl (C=O) groups excluding carboxylic acids is 2. The van der Waals surface area contributed by atoms with Crippen molar-refractivity contribution in [2.24, 2.45) is 5.92 Å². The molecule has 0 saturated carbocycles. The average molecular weight is 499 g/mol. The predicted octanol–water partition coefficient (Wildman–Crippen LogP) is 4.33. The van der Waals surface area contributed by atoms with Gasteiger partial charge >= 0.3 is 5.97 Å². The number of carbonyl (C=O) groups is 2. The van der Waals surface area contributed by atoms with Gasteiger partial charge < -0.3 is 19.1 Å². The molecule has 4 rings (SSSR count). The van der Waals surface area contributed by atoms with Gasteiger partial charge in [-0.3, -0.25) is 19.7 Å². The van der Waals surface area contributed by atoms with Crippen LogP contribution in [0.2, 0.25) is 0 Å². The maximum absolute atomic E-state index is 12.7. The van der Waals surface area contributed by atoms with Crippen molar-refractivity contribution in [1.82, 2.24) is 4.90 Å². The Morgan fingerprint density at radius 2 is 2.00 bits per heavy atom. The minimum atomic E-state index is -0.436. The zero-order chi connectivity index (χ0) is 24.8. The number of hydrogen-bond donors (Lipinski definition) is 0. The van der Waals surface area contributed by atoms with Gasteiger partial charge in [0.05, 0.1) is 22.3 Å². The lowest BCUT2D eigenvalue weighted by molar-refractivity contribution is -0.387. The first-order valence-electron chi connectivity index (χ1n) is 11.4. The van der Waals surface area contributed by atoms with Crippen LogP contribution in [0.4, 0.5) is 5.69 Å². The van der Waals surface area contributed by atoms with Crippen molar-refractivity contribution >= 4 is 35.4 Å². The highest BCUT2D eigenvalue weighted by Crippen LogP contribution is 2.40. The molecule has 2 aliphatic heterocycles. The standard InChI is InChI=1S/C25H26N2O7S/c1-2-32-25(29)18-4-3-11-26(16-18)24(28)10-6-17-5-9-23(20(14-17)27(30)31)35-19-7-8-21-22(15-19)34-13-12-33-21/h5-10,14-15,18H,2-4,11-13,16H2,1H3/b10-6+. The Kier molecular flexibility index (Phi) is 7.91. The van der Waals surface area contributed by atoms with Crippen LogP contribution in [0.3, 0.4) is 0 Å². The Labute approximate surface area is 207 Å². The van der Waals surface area contributed by atoms with Crippen molar-refractivity contribution in [3.05, 3.63) is 58.2 Å². The lowest BCUT2D eigenvalue weighted by Crippen LogP contribution is -2.42. The van der Waals surface area contributed by atoms with Crippen LogP contribution in [0.25, 0.3) is 6.08 Å². The number of hydrogen-bond acceptors (Lipinski definition) is 8. The third kappa shape index (κ3) is 6.13. The van der Waals surface area contributed by atoms with E-state index in [0.717, 1.165) is 11.3 Å². The summed E-state index contributed by atoms with van der Waals surface area (Å²) in [5.74, 6) is 0.429. The molecule has 0 aromatic heterocycles. The zero-order valence-corrected chi connectivity index (χ0v) is 20.1. The minimum absolute atomic E-state index is 0.0557. The number of nitrogens with zero attached hydrogens (tertiary/aromatic N) is 2. The van der Waals surface area contributed by atoms with Crippen molar-refractivity contribution in [3.8, 4) is 11.5 Å². The second-order valence-corrected chi connectivity index (χ2v) is 9.22. The molecule has 184 valence electrons. The maximum atomic E-state index is 12.7. The first-order valence-corrected chi connectivity index (χ1v) is 12.3. The Morgan fingerprint density at radius 3 is 2.77 bits per heavy atom. The van der Waals surface area contributed by atoms with Crippen LogP contribution in [0.15, 0.2) is 52.3 Å². The normalized spacial score (nSPS) is 17.3. The van der Waals surface area contributed by atoms with E-state index in [1.807, 2.05) is 6.07 Å². The Balaban J connectivity index is 1.45. The summed E-state index contributed by atoms with van der Waals surface area (Å²) in [6, 6.07) is 10.3. The van der Waals surface area contributed by atoms with Gasteiger partial charge in [-0.05, 0) is 55.7 Å². The summed E-state index contributed by atoms with van der Waals surface area (Å²) in [6.07, 6.45) is 4.36. The second-order valence-electron chi connectivity index (χ2n) is 8.10. The van der Waals surface area contributed by atoms with E-state index in [0.29, 0.717) is 61.3 Å². The molecular formula is C25H26N2O7S. The van der Waals surface area contributed by atoms with Crippen LogP contribution in [0, 0.1) is 16.0 Å². The van der Waals surface area contributed by atoms with Gasteiger partial charge in [-0.15, -0.1) is 0 Å². The number of nitro benzene ring substituents is 1. The first-order chi connectivity index (χ1) is 16.9. The predicted molar refractivity (Wildman–Crippen MR) is 130 cm³/mol. The van der Waals surface area contributed by atoms with E-state index in [4.69, 9.17) is 14.2 Å². The molecular weight excluding hydrogens is 472 g/mol. The molecule has 10 heteroatoms. The van der Waals surface area contributed by atoms with E-state index in [-0.39, 0.29) is 23.5 Å². The fourth-order valence-corrected chi connectivity index (χ4v) is 4.91. The highest BCUT2D eigenvalue weighted by Gasteiger charge is 2.28. The van der Waals surface area contributed by atoms with E-state index in [2.05, 4.69) is 0 Å². The van der Waals surface area contributed by atoms with Gasteiger partial charge in [-0.2, -0.15) is 0 Å². The van der Waals surface area contributed by atoms with E-state index in [1.165, 1.54) is 23.9 Å². The van der Waals surface area contributed by atoms with Gasteiger partial charge in [0.25, 0.3) is 5.69 Å². The molecule has 0 aliphatic carbocycles. The Morgan fingerprint density at radius 1 is 1.20 bits per heavy atom. The topological polar surface area (TPSA) is 108 Å². The van der Waals surface area contributed by atoms with Crippen molar-refractivity contribution < 1.29 is 28.7 Å². The smallest absolute Gasteiger partial charge is 0.310 e. The van der Waals surface area contributed by atoms with E-state index in [1.54, 1.807) is 42.2 Å². The lowest BCUT2D eigenvalue weighted by atomic mass is 9.98. The second kappa shape index (κ2) is 11.3. The Bertz CT molecular complexity index is 1150. The highest BCUT2D eigenvalue weighted by atomic mass is 32.2. The number of benzene rings is 2. The minimum Gasteiger partial charge on any atom is -0.486 e. The van der Waals surface area contributed by atoms with Crippen LogP contribution in [0.5, 0.6) is 11.5 Å². The number of esters is 1. The number of fused-ring (bicyclic) bond motifs is 1. The summed E-state index contributed by atoms with van der Waals surface area (Å²) in [6.45, 7) is 3.89. The monoisotopic (exact) mass is 498 g/mol. The van der Waals surface area contributed by atoms with Crippen molar-refractivity contribution in [1.29, 1.82) is 0 Å². The molecule has 0 bridgehead atoms. The molecule has 0 N–H and O–H groups in total. The fraction of sp³-hybridized carbons (Fsp3) is 0.360. The molecule has 35 heavy (non-hydrogen) atoms. The summed E-state index contributed by atoms with van der Waals surface area (Å²) < 4.78 is 16.2.